The number of aliphatic hydroxyl groups excluding tert-OH is 2. The van der Waals surface area contributed by atoms with Gasteiger partial charge in [0.25, 0.3) is 0 Å². The van der Waals surface area contributed by atoms with E-state index in [0.717, 1.165) is 11.6 Å². The topological polar surface area (TPSA) is 85.7 Å². The first kappa shape index (κ1) is 23.1. The molecule has 0 radical (unpaired) electrons. The Bertz CT molecular complexity index is 1010. The average Bonchev–Trinajstić information content (AvgIpc) is 2.72. The van der Waals surface area contributed by atoms with Crippen LogP contribution in [0.25, 0.3) is 5.57 Å². The van der Waals surface area contributed by atoms with E-state index < -0.39 is 30.5 Å². The number of urea groups is 1. The lowest BCUT2D eigenvalue weighted by Crippen LogP contribution is -2.38. The maximum Gasteiger partial charge on any atom is 0.416 e. The molecule has 0 unspecified atom stereocenters. The van der Waals surface area contributed by atoms with Crippen molar-refractivity contribution in [2.45, 2.75) is 25.6 Å². The molecule has 2 heterocycles. The van der Waals surface area contributed by atoms with Crippen LogP contribution >= 0.6 is 11.6 Å². The highest BCUT2D eigenvalue weighted by atomic mass is 35.5. The van der Waals surface area contributed by atoms with Crippen LogP contribution in [0.4, 0.5) is 23.7 Å². The monoisotopic (exact) mass is 455 g/mol. The minimum absolute atomic E-state index is 0.0293. The first-order chi connectivity index (χ1) is 14.6. The normalized spacial score (nSPS) is 15.5. The summed E-state index contributed by atoms with van der Waals surface area (Å²) in [6.45, 7) is 1.55. The number of hydrogen-bond acceptors (Lipinski definition) is 4. The smallest absolute Gasteiger partial charge is 0.393 e. The van der Waals surface area contributed by atoms with Gasteiger partial charge in [-0.05, 0) is 48.7 Å². The molecule has 10 heteroatoms. The number of rotatable bonds is 4. The van der Waals surface area contributed by atoms with Gasteiger partial charge in [0.1, 0.15) is 6.10 Å². The van der Waals surface area contributed by atoms with Crippen molar-refractivity contribution in [3.05, 3.63) is 63.9 Å². The van der Waals surface area contributed by atoms with Gasteiger partial charge >= 0.3 is 12.2 Å². The number of amides is 2. The minimum Gasteiger partial charge on any atom is -0.393 e. The zero-order valence-corrected chi connectivity index (χ0v) is 17.3. The maximum atomic E-state index is 12.9. The third-order valence-electron chi connectivity index (χ3n) is 5.00. The molecule has 2 aromatic rings. The van der Waals surface area contributed by atoms with Crippen LogP contribution in [0.3, 0.4) is 0 Å². The number of carbonyl (C=O) groups excluding carboxylic acids is 1. The van der Waals surface area contributed by atoms with Gasteiger partial charge < -0.3 is 20.4 Å². The van der Waals surface area contributed by atoms with Crippen LogP contribution in [0, 0.1) is 6.92 Å². The minimum atomic E-state index is -4.44. The molecule has 1 atom stereocenters. The second-order valence-corrected chi connectivity index (χ2v) is 7.59. The Morgan fingerprint density at radius 2 is 2.10 bits per heavy atom. The lowest BCUT2D eigenvalue weighted by atomic mass is 10.0. The van der Waals surface area contributed by atoms with E-state index in [2.05, 4.69) is 10.3 Å². The lowest BCUT2D eigenvalue weighted by molar-refractivity contribution is -0.138. The van der Waals surface area contributed by atoms with Gasteiger partial charge in [-0.3, -0.25) is 4.98 Å². The standard InChI is InChI=1S/C21H21ClF3N3O3/c1-12-8-15(2-3-16(12)21(23,24)25)27-20(31)28-6-4-13(5-7-28)19-17(22)9-14(10-26-19)18(30)11-29/h2-4,8-10,18,29-30H,5-7,11H2,1H3,(H,27,31)/t18-/m1/s1. The first-order valence-electron chi connectivity index (χ1n) is 9.47. The van der Waals surface area contributed by atoms with E-state index in [1.165, 1.54) is 36.2 Å². The van der Waals surface area contributed by atoms with Crippen molar-refractivity contribution in [1.29, 1.82) is 0 Å². The molecule has 1 aromatic heterocycles. The van der Waals surface area contributed by atoms with Gasteiger partial charge in [-0.25, -0.2) is 4.79 Å². The Morgan fingerprint density at radius 1 is 1.35 bits per heavy atom. The second-order valence-electron chi connectivity index (χ2n) is 7.18. The summed E-state index contributed by atoms with van der Waals surface area (Å²) >= 11 is 6.26. The van der Waals surface area contributed by atoms with E-state index in [9.17, 15) is 23.1 Å². The third kappa shape index (κ3) is 5.36. The highest BCUT2D eigenvalue weighted by Crippen LogP contribution is 2.33. The van der Waals surface area contributed by atoms with Crippen molar-refractivity contribution in [3.8, 4) is 0 Å². The van der Waals surface area contributed by atoms with Gasteiger partial charge in [0.05, 0.1) is 22.9 Å². The van der Waals surface area contributed by atoms with E-state index in [0.29, 0.717) is 29.2 Å². The Balaban J connectivity index is 1.66. The summed E-state index contributed by atoms with van der Waals surface area (Å²) in [5.74, 6) is 0. The van der Waals surface area contributed by atoms with Crippen LogP contribution < -0.4 is 5.32 Å². The number of halogens is 4. The quantitative estimate of drug-likeness (QED) is 0.637. The predicted molar refractivity (Wildman–Crippen MR) is 111 cm³/mol. The number of alkyl halides is 3. The Hall–Kier alpha value is -2.62. The molecule has 0 bridgehead atoms. The fraction of sp³-hybridized carbons (Fsp3) is 0.333. The van der Waals surface area contributed by atoms with Gasteiger partial charge in [-0.15, -0.1) is 0 Å². The summed E-state index contributed by atoms with van der Waals surface area (Å²) in [5, 5.41) is 21.6. The maximum absolute atomic E-state index is 12.9. The van der Waals surface area contributed by atoms with Crippen LogP contribution in [-0.4, -0.2) is 45.8 Å². The average molecular weight is 456 g/mol. The number of carbonyl (C=O) groups is 1. The zero-order valence-electron chi connectivity index (χ0n) is 16.6. The summed E-state index contributed by atoms with van der Waals surface area (Å²) in [4.78, 5) is 18.3. The van der Waals surface area contributed by atoms with Gasteiger partial charge in [0.15, 0.2) is 0 Å². The molecule has 6 nitrogen and oxygen atoms in total. The number of hydrogen-bond donors (Lipinski definition) is 3. The van der Waals surface area contributed by atoms with Crippen molar-refractivity contribution in [3.63, 3.8) is 0 Å². The molecular weight excluding hydrogens is 435 g/mol. The summed E-state index contributed by atoms with van der Waals surface area (Å²) in [6, 6.07) is 4.58. The molecule has 0 saturated heterocycles. The molecule has 3 rings (SSSR count). The van der Waals surface area contributed by atoms with Crippen molar-refractivity contribution in [1.82, 2.24) is 9.88 Å². The summed E-state index contributed by atoms with van der Waals surface area (Å²) in [6.07, 6.45) is -1.78. The molecular formula is C21H21ClF3N3O3. The van der Waals surface area contributed by atoms with Crippen molar-refractivity contribution >= 4 is 28.9 Å². The molecule has 0 saturated carbocycles. The number of pyridine rings is 1. The fourth-order valence-corrected chi connectivity index (χ4v) is 3.60. The van der Waals surface area contributed by atoms with Crippen LogP contribution in [-0.2, 0) is 6.18 Å². The van der Waals surface area contributed by atoms with Gasteiger partial charge in [0, 0.05) is 30.5 Å². The molecule has 1 aliphatic rings. The van der Waals surface area contributed by atoms with Crippen LogP contribution in [0.2, 0.25) is 5.02 Å². The molecule has 0 fully saturated rings. The van der Waals surface area contributed by atoms with E-state index >= 15 is 0 Å². The Kier molecular flexibility index (Phi) is 6.88. The van der Waals surface area contributed by atoms with Gasteiger partial charge in [0.2, 0.25) is 0 Å². The number of benzene rings is 1. The predicted octanol–water partition coefficient (Wildman–Crippen LogP) is 4.41. The summed E-state index contributed by atoms with van der Waals surface area (Å²) in [5.41, 5.74) is 1.35. The van der Waals surface area contributed by atoms with E-state index in [1.807, 2.05) is 0 Å². The largest absolute Gasteiger partial charge is 0.416 e. The number of aliphatic hydroxyl groups is 2. The highest BCUT2D eigenvalue weighted by molar-refractivity contribution is 6.32. The van der Waals surface area contributed by atoms with Gasteiger partial charge in [-0.2, -0.15) is 13.2 Å². The Morgan fingerprint density at radius 3 is 2.65 bits per heavy atom. The van der Waals surface area contributed by atoms with Crippen molar-refractivity contribution in [2.75, 3.05) is 25.0 Å². The van der Waals surface area contributed by atoms with E-state index in [-0.39, 0.29) is 17.8 Å². The first-order valence-corrected chi connectivity index (χ1v) is 9.85. The summed E-state index contributed by atoms with van der Waals surface area (Å²) < 4.78 is 38.6. The van der Waals surface area contributed by atoms with Crippen molar-refractivity contribution < 1.29 is 28.2 Å². The summed E-state index contributed by atoms with van der Waals surface area (Å²) in [7, 11) is 0. The Labute approximate surface area is 182 Å². The number of aromatic nitrogens is 1. The molecule has 2 amide bonds. The molecule has 1 aromatic carbocycles. The fourth-order valence-electron chi connectivity index (χ4n) is 3.31. The zero-order chi connectivity index (χ0) is 22.8. The van der Waals surface area contributed by atoms with Crippen LogP contribution in [0.5, 0.6) is 0 Å². The highest BCUT2D eigenvalue weighted by Gasteiger charge is 2.32. The molecule has 0 aliphatic carbocycles. The van der Waals surface area contributed by atoms with Gasteiger partial charge in [-0.1, -0.05) is 17.7 Å². The molecule has 166 valence electrons. The molecule has 3 N–H and O–H groups in total. The molecule has 0 spiro atoms. The van der Waals surface area contributed by atoms with E-state index in [1.54, 1.807) is 6.08 Å². The second kappa shape index (κ2) is 9.25. The number of nitrogens with zero attached hydrogens (tertiary/aromatic N) is 2. The number of nitrogens with one attached hydrogen (secondary N) is 1. The van der Waals surface area contributed by atoms with E-state index in [4.69, 9.17) is 16.7 Å². The lowest BCUT2D eigenvalue weighted by Gasteiger charge is -2.27. The van der Waals surface area contributed by atoms with Crippen molar-refractivity contribution in [2.24, 2.45) is 0 Å². The van der Waals surface area contributed by atoms with Crippen LogP contribution in [0.15, 0.2) is 36.5 Å². The third-order valence-corrected chi connectivity index (χ3v) is 5.29. The number of anilines is 1. The SMILES string of the molecule is Cc1cc(NC(=O)N2CC=C(c3ncc([C@H](O)CO)cc3Cl)CC2)ccc1C(F)(F)F. The molecule has 1 aliphatic heterocycles. The number of aryl methyl sites for hydroxylation is 1. The molecule has 31 heavy (non-hydrogen) atoms. The van der Waals surface area contributed by atoms with Crippen LogP contribution in [0.1, 0.15) is 34.9 Å².